The summed E-state index contributed by atoms with van der Waals surface area (Å²) < 4.78 is 0. The Morgan fingerprint density at radius 3 is 1.70 bits per heavy atom. The van der Waals surface area contributed by atoms with Gasteiger partial charge < -0.3 is 4.90 Å². The molecule has 0 N–H and O–H groups in total. The lowest BCUT2D eigenvalue weighted by Gasteiger charge is -2.14. The fraction of sp³-hybridized carbons (Fsp3) is 0.895. The first-order chi connectivity index (χ1) is 11.3. The van der Waals surface area contributed by atoms with Crippen molar-refractivity contribution in [2.24, 2.45) is 0 Å². The SMILES string of the molecule is CCCCCCCCCCCCCCCCN(C)c1nncs1. The molecule has 0 aliphatic heterocycles. The summed E-state index contributed by atoms with van der Waals surface area (Å²) in [7, 11) is 2.11. The highest BCUT2D eigenvalue weighted by atomic mass is 32.1. The third-order valence-electron chi connectivity index (χ3n) is 4.52. The highest BCUT2D eigenvalue weighted by molar-refractivity contribution is 7.13. The molecule has 0 atom stereocenters. The molecule has 0 aliphatic carbocycles. The third-order valence-corrected chi connectivity index (χ3v) is 5.33. The van der Waals surface area contributed by atoms with Crippen LogP contribution in [0.15, 0.2) is 5.51 Å². The number of nitrogens with zero attached hydrogens (tertiary/aromatic N) is 3. The molecule has 1 heterocycles. The smallest absolute Gasteiger partial charge is 0.207 e. The van der Waals surface area contributed by atoms with Crippen LogP contribution in [-0.2, 0) is 0 Å². The van der Waals surface area contributed by atoms with Gasteiger partial charge in [-0.05, 0) is 6.42 Å². The van der Waals surface area contributed by atoms with Crippen molar-refractivity contribution < 1.29 is 0 Å². The van der Waals surface area contributed by atoms with E-state index in [0.717, 1.165) is 11.7 Å². The van der Waals surface area contributed by atoms with Gasteiger partial charge in [-0.25, -0.2) is 0 Å². The number of hydrogen-bond acceptors (Lipinski definition) is 4. The highest BCUT2D eigenvalue weighted by Gasteiger charge is 2.03. The standard InChI is InChI=1S/C19H37N3S/c1-3-4-5-6-7-8-9-10-11-12-13-14-15-16-17-22(2)19-21-20-18-23-19/h18H,3-17H2,1-2H3. The zero-order valence-corrected chi connectivity index (χ0v) is 16.3. The Morgan fingerprint density at radius 1 is 0.783 bits per heavy atom. The normalized spacial score (nSPS) is 11.0. The van der Waals surface area contributed by atoms with Crippen LogP contribution < -0.4 is 4.90 Å². The minimum absolute atomic E-state index is 1.04. The summed E-state index contributed by atoms with van der Waals surface area (Å²) >= 11 is 1.62. The summed E-state index contributed by atoms with van der Waals surface area (Å²) in [6.07, 6.45) is 19.8. The molecule has 3 nitrogen and oxygen atoms in total. The van der Waals surface area contributed by atoms with E-state index in [1.165, 1.54) is 89.9 Å². The molecule has 0 saturated carbocycles. The number of hydrogen-bond donors (Lipinski definition) is 0. The fourth-order valence-corrected chi connectivity index (χ4v) is 3.53. The van der Waals surface area contributed by atoms with Gasteiger partial charge >= 0.3 is 0 Å². The molecule has 23 heavy (non-hydrogen) atoms. The predicted molar refractivity (Wildman–Crippen MR) is 103 cm³/mol. The Bertz CT molecular complexity index is 340. The third kappa shape index (κ3) is 11.5. The number of aromatic nitrogens is 2. The van der Waals surface area contributed by atoms with Crippen molar-refractivity contribution in [3.05, 3.63) is 5.51 Å². The van der Waals surface area contributed by atoms with Crippen LogP contribution >= 0.6 is 11.3 Å². The van der Waals surface area contributed by atoms with Gasteiger partial charge in [0, 0.05) is 13.6 Å². The molecule has 0 spiro atoms. The topological polar surface area (TPSA) is 29.0 Å². The van der Waals surface area contributed by atoms with Crippen molar-refractivity contribution in [3.63, 3.8) is 0 Å². The second-order valence-electron chi connectivity index (χ2n) is 6.74. The van der Waals surface area contributed by atoms with Gasteiger partial charge in [0.1, 0.15) is 5.51 Å². The number of rotatable bonds is 16. The average molecular weight is 340 g/mol. The van der Waals surface area contributed by atoms with Crippen LogP contribution in [-0.4, -0.2) is 23.8 Å². The van der Waals surface area contributed by atoms with E-state index in [0.29, 0.717) is 0 Å². The number of unbranched alkanes of at least 4 members (excludes halogenated alkanes) is 13. The molecule has 134 valence electrons. The van der Waals surface area contributed by atoms with Crippen molar-refractivity contribution in [2.45, 2.75) is 96.8 Å². The molecule has 0 fully saturated rings. The molecule has 0 unspecified atom stereocenters. The van der Waals surface area contributed by atoms with Crippen LogP contribution in [0.2, 0.25) is 0 Å². The van der Waals surface area contributed by atoms with E-state index in [4.69, 9.17) is 0 Å². The summed E-state index contributed by atoms with van der Waals surface area (Å²) in [5.41, 5.74) is 1.80. The molecule has 0 bridgehead atoms. The van der Waals surface area contributed by atoms with Crippen molar-refractivity contribution in [1.82, 2.24) is 10.2 Å². The highest BCUT2D eigenvalue weighted by Crippen LogP contribution is 2.15. The lowest BCUT2D eigenvalue weighted by Crippen LogP contribution is -2.18. The van der Waals surface area contributed by atoms with Crippen molar-refractivity contribution in [1.29, 1.82) is 0 Å². The second kappa shape index (κ2) is 14.9. The Hall–Kier alpha value is -0.640. The van der Waals surface area contributed by atoms with E-state index < -0.39 is 0 Å². The minimum atomic E-state index is 1.04. The molecule has 0 aliphatic rings. The fourth-order valence-electron chi connectivity index (χ4n) is 2.97. The van der Waals surface area contributed by atoms with Gasteiger partial charge in [-0.15, -0.1) is 10.2 Å². The zero-order chi connectivity index (χ0) is 16.6. The summed E-state index contributed by atoms with van der Waals surface area (Å²) in [6.45, 7) is 3.39. The first kappa shape index (κ1) is 20.4. The average Bonchev–Trinajstić information content (AvgIpc) is 3.09. The Balaban J connectivity index is 1.75. The van der Waals surface area contributed by atoms with Gasteiger partial charge in [-0.3, -0.25) is 0 Å². The first-order valence-electron chi connectivity index (χ1n) is 9.82. The van der Waals surface area contributed by atoms with Gasteiger partial charge in [-0.1, -0.05) is 102 Å². The van der Waals surface area contributed by atoms with Crippen molar-refractivity contribution in [2.75, 3.05) is 18.5 Å². The van der Waals surface area contributed by atoms with Crippen LogP contribution in [0.5, 0.6) is 0 Å². The number of anilines is 1. The van der Waals surface area contributed by atoms with Crippen LogP contribution in [0.25, 0.3) is 0 Å². The zero-order valence-electron chi connectivity index (χ0n) is 15.4. The van der Waals surface area contributed by atoms with E-state index in [-0.39, 0.29) is 0 Å². The van der Waals surface area contributed by atoms with Crippen molar-refractivity contribution in [3.8, 4) is 0 Å². The minimum Gasteiger partial charge on any atom is -0.350 e. The first-order valence-corrected chi connectivity index (χ1v) is 10.7. The van der Waals surface area contributed by atoms with E-state index in [1.54, 1.807) is 16.8 Å². The summed E-state index contributed by atoms with van der Waals surface area (Å²) in [5.74, 6) is 0. The Labute approximate surface area is 147 Å². The summed E-state index contributed by atoms with van der Waals surface area (Å²) in [6, 6.07) is 0. The van der Waals surface area contributed by atoms with Crippen LogP contribution in [0.4, 0.5) is 5.13 Å². The predicted octanol–water partition coefficient (Wildman–Crippen LogP) is 6.46. The lowest BCUT2D eigenvalue weighted by molar-refractivity contribution is 0.535. The molecular formula is C19H37N3S. The maximum atomic E-state index is 4.10. The van der Waals surface area contributed by atoms with Gasteiger partial charge in [-0.2, -0.15) is 0 Å². The monoisotopic (exact) mass is 339 g/mol. The Morgan fingerprint density at radius 2 is 1.26 bits per heavy atom. The van der Waals surface area contributed by atoms with Gasteiger partial charge in [0.25, 0.3) is 0 Å². The summed E-state index contributed by atoms with van der Waals surface area (Å²) in [5, 5.41) is 9.02. The largest absolute Gasteiger partial charge is 0.350 e. The molecule has 1 aromatic rings. The van der Waals surface area contributed by atoms with E-state index in [2.05, 4.69) is 29.1 Å². The second-order valence-corrected chi connectivity index (χ2v) is 7.55. The molecule has 0 radical (unpaired) electrons. The Kier molecular flexibility index (Phi) is 13.2. The lowest BCUT2D eigenvalue weighted by atomic mass is 10.0. The quantitative estimate of drug-likeness (QED) is 0.324. The molecule has 0 saturated heterocycles. The molecule has 1 aromatic heterocycles. The molecular weight excluding hydrogens is 302 g/mol. The van der Waals surface area contributed by atoms with Gasteiger partial charge in [0.15, 0.2) is 0 Å². The van der Waals surface area contributed by atoms with Gasteiger partial charge in [0.05, 0.1) is 0 Å². The van der Waals surface area contributed by atoms with Gasteiger partial charge in [0.2, 0.25) is 5.13 Å². The van der Waals surface area contributed by atoms with Crippen molar-refractivity contribution >= 4 is 16.5 Å². The van der Waals surface area contributed by atoms with Crippen LogP contribution in [0, 0.1) is 0 Å². The van der Waals surface area contributed by atoms with Crippen LogP contribution in [0.1, 0.15) is 96.8 Å². The van der Waals surface area contributed by atoms with E-state index >= 15 is 0 Å². The molecule has 0 aromatic carbocycles. The molecule has 4 heteroatoms. The van der Waals surface area contributed by atoms with E-state index in [1.807, 2.05) is 0 Å². The molecule has 0 amide bonds. The molecule has 1 rings (SSSR count). The summed E-state index contributed by atoms with van der Waals surface area (Å²) in [4.78, 5) is 2.22. The van der Waals surface area contributed by atoms with E-state index in [9.17, 15) is 0 Å². The van der Waals surface area contributed by atoms with Crippen LogP contribution in [0.3, 0.4) is 0 Å². The maximum Gasteiger partial charge on any atom is 0.207 e. The maximum absolute atomic E-state index is 4.10.